The maximum Gasteiger partial charge on any atom is 0.323 e. The van der Waals surface area contributed by atoms with Crippen molar-refractivity contribution < 1.29 is 14.3 Å². The lowest BCUT2D eigenvalue weighted by atomic mass is 9.99. The molecule has 2 rings (SSSR count). The van der Waals surface area contributed by atoms with Gasteiger partial charge in [-0.2, -0.15) is 0 Å². The lowest BCUT2D eigenvalue weighted by Gasteiger charge is -2.40. The van der Waals surface area contributed by atoms with E-state index >= 15 is 0 Å². The number of carbonyl (C=O) groups excluding carboxylic acids is 2. The molecule has 5 nitrogen and oxygen atoms in total. The summed E-state index contributed by atoms with van der Waals surface area (Å²) in [5.74, 6) is 0.00129. The molecule has 1 amide bonds. The number of hydrogen-bond acceptors (Lipinski definition) is 4. The fourth-order valence-electron chi connectivity index (χ4n) is 3.43. The topological polar surface area (TPSA) is 49.9 Å². The van der Waals surface area contributed by atoms with Gasteiger partial charge in [-0.15, -0.1) is 0 Å². The molecule has 21 heavy (non-hydrogen) atoms. The number of carbonyl (C=O) groups is 2. The van der Waals surface area contributed by atoms with Crippen LogP contribution in [0.25, 0.3) is 0 Å². The Labute approximate surface area is 127 Å². The molecular formula is C16H28N2O3. The van der Waals surface area contributed by atoms with Gasteiger partial charge in [0.2, 0.25) is 5.91 Å². The Kier molecular flexibility index (Phi) is 6.03. The summed E-state index contributed by atoms with van der Waals surface area (Å²) in [6.45, 7) is 6.70. The number of esters is 1. The largest absolute Gasteiger partial charge is 0.465 e. The average Bonchev–Trinajstić information content (AvgIpc) is 2.54. The van der Waals surface area contributed by atoms with Crippen molar-refractivity contribution in [1.29, 1.82) is 0 Å². The van der Waals surface area contributed by atoms with Crippen LogP contribution in [0.4, 0.5) is 0 Å². The molecule has 2 heterocycles. The molecule has 2 fully saturated rings. The highest BCUT2D eigenvalue weighted by atomic mass is 16.5. The van der Waals surface area contributed by atoms with Gasteiger partial charge in [0.05, 0.1) is 12.6 Å². The molecule has 0 spiro atoms. The molecule has 2 aliphatic rings. The van der Waals surface area contributed by atoms with E-state index < -0.39 is 0 Å². The van der Waals surface area contributed by atoms with Crippen LogP contribution in [-0.4, -0.2) is 60.0 Å². The first-order valence-electron chi connectivity index (χ1n) is 8.36. The van der Waals surface area contributed by atoms with Crippen molar-refractivity contribution in [3.8, 4) is 0 Å². The number of amides is 1. The first-order valence-corrected chi connectivity index (χ1v) is 8.36. The molecule has 0 aromatic carbocycles. The van der Waals surface area contributed by atoms with E-state index in [2.05, 4.69) is 4.90 Å². The molecule has 2 saturated heterocycles. The first kappa shape index (κ1) is 16.3. The van der Waals surface area contributed by atoms with Crippen LogP contribution in [0, 0.1) is 0 Å². The summed E-state index contributed by atoms with van der Waals surface area (Å²) in [7, 11) is 0. The van der Waals surface area contributed by atoms with Gasteiger partial charge in [0.15, 0.2) is 0 Å². The molecule has 0 saturated carbocycles. The summed E-state index contributed by atoms with van der Waals surface area (Å²) < 4.78 is 5.18. The van der Waals surface area contributed by atoms with Crippen molar-refractivity contribution in [3.63, 3.8) is 0 Å². The molecule has 2 aliphatic heterocycles. The Morgan fingerprint density at radius 3 is 2.43 bits per heavy atom. The Balaban J connectivity index is 2.01. The lowest BCUT2D eigenvalue weighted by Crippen LogP contribution is -2.56. The van der Waals surface area contributed by atoms with Gasteiger partial charge >= 0.3 is 5.97 Å². The molecule has 0 bridgehead atoms. The highest BCUT2D eigenvalue weighted by Crippen LogP contribution is 2.22. The van der Waals surface area contributed by atoms with E-state index in [-0.39, 0.29) is 24.0 Å². The standard InChI is InChI=1S/C16H28N2O3/c1-3-21-16(20)14-9-5-8-12-18(14)13(2)15(19)17-10-6-4-7-11-17/h13-14H,3-12H2,1-2H3. The molecule has 0 aromatic heterocycles. The van der Waals surface area contributed by atoms with Crippen LogP contribution >= 0.6 is 0 Å². The predicted octanol–water partition coefficient (Wildman–Crippen LogP) is 1.80. The van der Waals surface area contributed by atoms with Gasteiger partial charge < -0.3 is 9.64 Å². The molecule has 120 valence electrons. The Bertz CT molecular complexity index is 367. The third-order valence-corrected chi connectivity index (χ3v) is 4.63. The van der Waals surface area contributed by atoms with Gasteiger partial charge in [0, 0.05) is 13.1 Å². The summed E-state index contributed by atoms with van der Waals surface area (Å²) >= 11 is 0. The molecule has 0 N–H and O–H groups in total. The van der Waals surface area contributed by atoms with E-state index in [9.17, 15) is 9.59 Å². The van der Waals surface area contributed by atoms with E-state index in [0.29, 0.717) is 6.61 Å². The molecular weight excluding hydrogens is 268 g/mol. The lowest BCUT2D eigenvalue weighted by molar-refractivity contribution is -0.154. The Morgan fingerprint density at radius 1 is 1.10 bits per heavy atom. The number of likely N-dealkylation sites (tertiary alicyclic amines) is 2. The zero-order valence-electron chi connectivity index (χ0n) is 13.3. The number of rotatable bonds is 4. The van der Waals surface area contributed by atoms with E-state index in [1.54, 1.807) is 0 Å². The van der Waals surface area contributed by atoms with Crippen molar-refractivity contribution in [2.24, 2.45) is 0 Å². The SMILES string of the molecule is CCOC(=O)C1CCCCN1C(C)C(=O)N1CCCCC1. The second kappa shape index (κ2) is 7.78. The first-order chi connectivity index (χ1) is 10.1. The van der Waals surface area contributed by atoms with Crippen LogP contribution in [0.3, 0.4) is 0 Å². The van der Waals surface area contributed by atoms with Gasteiger partial charge in [-0.3, -0.25) is 14.5 Å². The van der Waals surface area contributed by atoms with Gasteiger partial charge in [0.25, 0.3) is 0 Å². The predicted molar refractivity (Wildman–Crippen MR) is 80.9 cm³/mol. The van der Waals surface area contributed by atoms with Crippen LogP contribution in [0.2, 0.25) is 0 Å². The normalized spacial score (nSPS) is 25.4. The fourth-order valence-corrected chi connectivity index (χ4v) is 3.43. The van der Waals surface area contributed by atoms with Crippen LogP contribution in [0.1, 0.15) is 52.4 Å². The van der Waals surface area contributed by atoms with Crippen molar-refractivity contribution in [1.82, 2.24) is 9.80 Å². The van der Waals surface area contributed by atoms with Crippen LogP contribution in [0.15, 0.2) is 0 Å². The maximum atomic E-state index is 12.7. The third-order valence-electron chi connectivity index (χ3n) is 4.63. The minimum absolute atomic E-state index is 0.171. The van der Waals surface area contributed by atoms with Crippen LogP contribution in [0.5, 0.6) is 0 Å². The number of piperidine rings is 2. The van der Waals surface area contributed by atoms with Gasteiger partial charge in [0.1, 0.15) is 6.04 Å². The van der Waals surface area contributed by atoms with E-state index in [0.717, 1.165) is 51.7 Å². The van der Waals surface area contributed by atoms with E-state index in [4.69, 9.17) is 4.74 Å². The zero-order chi connectivity index (χ0) is 15.2. The summed E-state index contributed by atoms with van der Waals surface area (Å²) in [5.41, 5.74) is 0. The Morgan fingerprint density at radius 2 is 1.76 bits per heavy atom. The van der Waals surface area contributed by atoms with Gasteiger partial charge in [-0.05, 0) is 52.5 Å². The van der Waals surface area contributed by atoms with Gasteiger partial charge in [-0.25, -0.2) is 0 Å². The fraction of sp³-hybridized carbons (Fsp3) is 0.875. The average molecular weight is 296 g/mol. The minimum atomic E-state index is -0.248. The molecule has 0 aliphatic carbocycles. The Hall–Kier alpha value is -1.10. The van der Waals surface area contributed by atoms with Gasteiger partial charge in [-0.1, -0.05) is 6.42 Å². The second-order valence-corrected chi connectivity index (χ2v) is 6.06. The smallest absolute Gasteiger partial charge is 0.323 e. The van der Waals surface area contributed by atoms with E-state index in [1.807, 2.05) is 18.7 Å². The summed E-state index contributed by atoms with van der Waals surface area (Å²) in [5, 5.41) is 0. The molecule has 0 aromatic rings. The molecule has 2 atom stereocenters. The third kappa shape index (κ3) is 3.96. The number of nitrogens with zero attached hydrogens (tertiary/aromatic N) is 2. The summed E-state index contributed by atoms with van der Waals surface area (Å²) in [6.07, 6.45) is 6.29. The maximum absolute atomic E-state index is 12.7. The summed E-state index contributed by atoms with van der Waals surface area (Å²) in [6, 6.07) is -0.472. The minimum Gasteiger partial charge on any atom is -0.465 e. The highest BCUT2D eigenvalue weighted by Gasteiger charge is 2.37. The monoisotopic (exact) mass is 296 g/mol. The second-order valence-electron chi connectivity index (χ2n) is 6.06. The number of ether oxygens (including phenoxy) is 1. The zero-order valence-corrected chi connectivity index (χ0v) is 13.3. The quantitative estimate of drug-likeness (QED) is 0.742. The van der Waals surface area contributed by atoms with Crippen LogP contribution in [-0.2, 0) is 14.3 Å². The molecule has 0 radical (unpaired) electrons. The summed E-state index contributed by atoms with van der Waals surface area (Å²) in [4.78, 5) is 28.8. The number of hydrogen-bond donors (Lipinski definition) is 0. The van der Waals surface area contributed by atoms with Crippen LogP contribution < -0.4 is 0 Å². The molecule has 2 unspecified atom stereocenters. The molecule has 5 heteroatoms. The van der Waals surface area contributed by atoms with Crippen molar-refractivity contribution in [2.45, 2.75) is 64.5 Å². The van der Waals surface area contributed by atoms with Crippen molar-refractivity contribution >= 4 is 11.9 Å². The highest BCUT2D eigenvalue weighted by molar-refractivity contribution is 5.83. The van der Waals surface area contributed by atoms with Crippen molar-refractivity contribution in [3.05, 3.63) is 0 Å². The van der Waals surface area contributed by atoms with E-state index in [1.165, 1.54) is 6.42 Å². The van der Waals surface area contributed by atoms with Crippen molar-refractivity contribution in [2.75, 3.05) is 26.2 Å².